The van der Waals surface area contributed by atoms with Gasteiger partial charge in [-0.15, -0.1) is 0 Å². The maximum Gasteiger partial charge on any atom is 0.0184 e. The highest BCUT2D eigenvalue weighted by atomic mass is 15.1. The van der Waals surface area contributed by atoms with Crippen LogP contribution in [0.5, 0.6) is 0 Å². The van der Waals surface area contributed by atoms with E-state index in [2.05, 4.69) is 47.8 Å². The summed E-state index contributed by atoms with van der Waals surface area (Å²) in [5.74, 6) is 0. The van der Waals surface area contributed by atoms with Gasteiger partial charge >= 0.3 is 0 Å². The molecular formula is C25H35N. The van der Waals surface area contributed by atoms with E-state index in [1.165, 1.54) is 99.8 Å². The Morgan fingerprint density at radius 1 is 0.808 bits per heavy atom. The second-order valence-corrected chi connectivity index (χ2v) is 8.81. The van der Waals surface area contributed by atoms with E-state index in [0.717, 1.165) is 6.04 Å². The van der Waals surface area contributed by atoms with Crippen LogP contribution >= 0.6 is 0 Å². The van der Waals surface area contributed by atoms with Crippen molar-refractivity contribution in [3.05, 3.63) is 48.0 Å². The Morgan fingerprint density at radius 2 is 1.62 bits per heavy atom. The van der Waals surface area contributed by atoms with E-state index >= 15 is 0 Å². The number of nitrogens with one attached hydrogen (secondary N) is 1. The third-order valence-corrected chi connectivity index (χ3v) is 6.92. The third-order valence-electron chi connectivity index (χ3n) is 6.92. The highest BCUT2D eigenvalue weighted by Crippen LogP contribution is 2.39. The molecule has 2 bridgehead atoms. The van der Waals surface area contributed by atoms with E-state index in [1.807, 2.05) is 0 Å². The fourth-order valence-corrected chi connectivity index (χ4v) is 5.45. The van der Waals surface area contributed by atoms with Gasteiger partial charge in [0.05, 0.1) is 0 Å². The number of unbranched alkanes of at least 4 members (excludes halogenated alkanes) is 5. The molecule has 4 rings (SSSR count). The van der Waals surface area contributed by atoms with E-state index in [1.54, 1.807) is 0 Å². The van der Waals surface area contributed by atoms with Crippen LogP contribution < -0.4 is 5.32 Å². The molecule has 0 radical (unpaired) electrons. The molecule has 0 spiro atoms. The van der Waals surface area contributed by atoms with Gasteiger partial charge in [0, 0.05) is 11.6 Å². The molecule has 1 nitrogen and oxygen atoms in total. The SMILES string of the molecule is c1ccc2c(CCCCCCCCC34CCCC(CC3)N4)cccc2c1. The minimum atomic E-state index is 0.553. The standard InChI is InChI=1S/C25H35N/c1(2-4-8-18-25-19-10-15-23(26-25)17-20-25)3-5-11-21-13-9-14-22-12-6-7-16-24(21)22/h6-7,9,12-14,16,23,26H,1-5,8,10-11,15,17-20H2. The number of fused-ring (bicyclic) bond motifs is 3. The summed E-state index contributed by atoms with van der Waals surface area (Å²) < 4.78 is 0. The predicted molar refractivity (Wildman–Crippen MR) is 113 cm³/mol. The molecule has 2 atom stereocenters. The fraction of sp³-hybridized carbons (Fsp3) is 0.600. The van der Waals surface area contributed by atoms with Crippen molar-refractivity contribution in [2.45, 2.75) is 95.1 Å². The van der Waals surface area contributed by atoms with Crippen LogP contribution in [0.15, 0.2) is 42.5 Å². The van der Waals surface area contributed by atoms with Gasteiger partial charge in [-0.05, 0) is 61.3 Å². The molecule has 2 aliphatic heterocycles. The van der Waals surface area contributed by atoms with Gasteiger partial charge in [0.2, 0.25) is 0 Å². The first-order chi connectivity index (χ1) is 12.8. The van der Waals surface area contributed by atoms with Gasteiger partial charge in [-0.3, -0.25) is 0 Å². The van der Waals surface area contributed by atoms with Crippen molar-refractivity contribution in [2.24, 2.45) is 0 Å². The second-order valence-electron chi connectivity index (χ2n) is 8.81. The van der Waals surface area contributed by atoms with Crippen LogP contribution in [0.1, 0.15) is 82.6 Å². The molecule has 2 saturated heterocycles. The largest absolute Gasteiger partial charge is 0.308 e. The molecule has 2 aromatic carbocycles. The summed E-state index contributed by atoms with van der Waals surface area (Å²) in [7, 11) is 0. The van der Waals surface area contributed by atoms with Crippen molar-refractivity contribution in [1.29, 1.82) is 0 Å². The minimum absolute atomic E-state index is 0.553. The number of aryl methyl sites for hydroxylation is 1. The van der Waals surface area contributed by atoms with Crippen molar-refractivity contribution in [1.82, 2.24) is 5.32 Å². The Kier molecular flexibility index (Phi) is 5.94. The monoisotopic (exact) mass is 349 g/mol. The molecule has 2 fully saturated rings. The van der Waals surface area contributed by atoms with Crippen LogP contribution in [0.4, 0.5) is 0 Å². The summed E-state index contributed by atoms with van der Waals surface area (Å²) in [5.41, 5.74) is 2.08. The van der Waals surface area contributed by atoms with E-state index in [-0.39, 0.29) is 0 Å². The van der Waals surface area contributed by atoms with Crippen molar-refractivity contribution in [3.8, 4) is 0 Å². The predicted octanol–water partition coefficient (Wildman–Crippen LogP) is 6.79. The summed E-state index contributed by atoms with van der Waals surface area (Å²) >= 11 is 0. The summed E-state index contributed by atoms with van der Waals surface area (Å²) in [4.78, 5) is 0. The van der Waals surface area contributed by atoms with Crippen LogP contribution in [-0.4, -0.2) is 11.6 Å². The van der Waals surface area contributed by atoms with Crippen molar-refractivity contribution >= 4 is 10.8 Å². The Morgan fingerprint density at radius 3 is 2.58 bits per heavy atom. The lowest BCUT2D eigenvalue weighted by Crippen LogP contribution is -2.46. The number of piperidine rings is 1. The Balaban J connectivity index is 1.11. The van der Waals surface area contributed by atoms with E-state index in [4.69, 9.17) is 0 Å². The van der Waals surface area contributed by atoms with Gasteiger partial charge in [-0.25, -0.2) is 0 Å². The van der Waals surface area contributed by atoms with Crippen molar-refractivity contribution < 1.29 is 0 Å². The molecule has 140 valence electrons. The molecule has 26 heavy (non-hydrogen) atoms. The molecule has 1 heteroatoms. The summed E-state index contributed by atoms with van der Waals surface area (Å²) in [6, 6.07) is 16.4. The first-order valence-corrected chi connectivity index (χ1v) is 11.1. The van der Waals surface area contributed by atoms with Crippen LogP contribution in [0.2, 0.25) is 0 Å². The molecule has 0 saturated carbocycles. The average Bonchev–Trinajstić information content (AvgIpc) is 2.98. The van der Waals surface area contributed by atoms with E-state index < -0.39 is 0 Å². The van der Waals surface area contributed by atoms with Gasteiger partial charge < -0.3 is 5.32 Å². The Hall–Kier alpha value is -1.34. The Bertz CT molecular complexity index is 697. The number of benzene rings is 2. The quantitative estimate of drug-likeness (QED) is 0.492. The molecule has 2 heterocycles. The lowest BCUT2D eigenvalue weighted by Gasteiger charge is -2.35. The van der Waals surface area contributed by atoms with Crippen LogP contribution in [0.3, 0.4) is 0 Å². The van der Waals surface area contributed by atoms with Gasteiger partial charge in [0.1, 0.15) is 0 Å². The molecule has 2 unspecified atom stereocenters. The van der Waals surface area contributed by atoms with Gasteiger partial charge in [0.15, 0.2) is 0 Å². The van der Waals surface area contributed by atoms with Gasteiger partial charge in [0.25, 0.3) is 0 Å². The zero-order valence-corrected chi connectivity index (χ0v) is 16.3. The summed E-state index contributed by atoms with van der Waals surface area (Å²) in [6.07, 6.45) is 18.3. The maximum atomic E-state index is 3.95. The van der Waals surface area contributed by atoms with E-state index in [0.29, 0.717) is 5.54 Å². The number of hydrogen-bond acceptors (Lipinski definition) is 1. The lowest BCUT2D eigenvalue weighted by molar-refractivity contribution is 0.251. The first-order valence-electron chi connectivity index (χ1n) is 11.1. The highest BCUT2D eigenvalue weighted by Gasteiger charge is 2.40. The summed E-state index contributed by atoms with van der Waals surface area (Å²) in [5, 5.41) is 6.78. The molecular weight excluding hydrogens is 314 g/mol. The lowest BCUT2D eigenvalue weighted by atomic mass is 9.85. The smallest absolute Gasteiger partial charge is 0.0184 e. The van der Waals surface area contributed by atoms with Crippen LogP contribution in [-0.2, 0) is 6.42 Å². The third kappa shape index (κ3) is 4.31. The normalized spacial score (nSPS) is 25.0. The molecule has 2 aromatic rings. The van der Waals surface area contributed by atoms with Gasteiger partial charge in [-0.1, -0.05) is 81.0 Å². The molecule has 0 aromatic heterocycles. The van der Waals surface area contributed by atoms with Crippen LogP contribution in [0.25, 0.3) is 10.8 Å². The van der Waals surface area contributed by atoms with Crippen molar-refractivity contribution in [2.75, 3.05) is 0 Å². The summed E-state index contributed by atoms with van der Waals surface area (Å²) in [6.45, 7) is 0. The number of rotatable bonds is 9. The second kappa shape index (κ2) is 8.57. The molecule has 0 amide bonds. The zero-order valence-electron chi connectivity index (χ0n) is 16.3. The topological polar surface area (TPSA) is 12.0 Å². The maximum absolute atomic E-state index is 3.95. The van der Waals surface area contributed by atoms with Crippen LogP contribution in [0, 0.1) is 0 Å². The minimum Gasteiger partial charge on any atom is -0.308 e. The zero-order chi connectivity index (χ0) is 17.7. The van der Waals surface area contributed by atoms with Crippen molar-refractivity contribution in [3.63, 3.8) is 0 Å². The Labute approximate surface area is 159 Å². The molecule has 0 aliphatic carbocycles. The molecule has 1 N–H and O–H groups in total. The highest BCUT2D eigenvalue weighted by molar-refractivity contribution is 5.85. The van der Waals surface area contributed by atoms with E-state index in [9.17, 15) is 0 Å². The van der Waals surface area contributed by atoms with Gasteiger partial charge in [-0.2, -0.15) is 0 Å². The average molecular weight is 350 g/mol. The number of hydrogen-bond donors (Lipinski definition) is 1. The molecule has 2 aliphatic rings. The first kappa shape index (κ1) is 18.0. The fourth-order valence-electron chi connectivity index (χ4n) is 5.45.